The van der Waals surface area contributed by atoms with Gasteiger partial charge in [-0.3, -0.25) is 9.59 Å². The van der Waals surface area contributed by atoms with Gasteiger partial charge in [-0.05, 0) is 38.3 Å². The molecule has 3 aliphatic rings. The van der Waals surface area contributed by atoms with Crippen LogP contribution in [-0.2, 0) is 9.59 Å². The van der Waals surface area contributed by atoms with Gasteiger partial charge in [0.25, 0.3) is 5.91 Å². The van der Waals surface area contributed by atoms with E-state index in [1.165, 1.54) is 4.90 Å². The third kappa shape index (κ3) is 3.77. The normalized spacial score (nSPS) is 19.2. The first-order valence-corrected chi connectivity index (χ1v) is 10.1. The second-order valence-electron chi connectivity index (χ2n) is 7.68. The monoisotopic (exact) mass is 404 g/mol. The van der Waals surface area contributed by atoms with Crippen molar-refractivity contribution < 1.29 is 9.59 Å². The largest absolute Gasteiger partial charge is 0.347 e. The average Bonchev–Trinajstić information content (AvgIpc) is 3.17. The number of hydrogen-bond acceptors (Lipinski definition) is 5. The predicted octanol–water partition coefficient (Wildman–Crippen LogP) is 3.38. The molecule has 0 saturated carbocycles. The topological polar surface area (TPSA) is 65.3 Å². The third-order valence-electron chi connectivity index (χ3n) is 5.08. The Balaban J connectivity index is 2.24. The Morgan fingerprint density at radius 2 is 1.70 bits per heavy atom. The molecule has 0 aromatic carbocycles. The van der Waals surface area contributed by atoms with Crippen molar-refractivity contribution in [3.8, 4) is 0 Å². The molecule has 0 saturated heterocycles. The number of nitrogens with zero attached hydrogens (tertiary/aromatic N) is 4. The zero-order valence-corrected chi connectivity index (χ0v) is 18.5. The summed E-state index contributed by atoms with van der Waals surface area (Å²) in [6.07, 6.45) is 13.0. The molecule has 1 aliphatic heterocycles. The van der Waals surface area contributed by atoms with Crippen molar-refractivity contribution in [2.24, 2.45) is 9.98 Å². The van der Waals surface area contributed by atoms with Crippen LogP contribution < -0.4 is 0 Å². The van der Waals surface area contributed by atoms with Crippen molar-refractivity contribution >= 4 is 23.4 Å². The zero-order valence-electron chi connectivity index (χ0n) is 18.5. The number of fused-ring (bicyclic) bond motifs is 3. The molecule has 0 radical (unpaired) electrons. The van der Waals surface area contributed by atoms with E-state index in [-0.39, 0.29) is 11.7 Å². The fourth-order valence-corrected chi connectivity index (χ4v) is 3.60. The van der Waals surface area contributed by atoms with Gasteiger partial charge in [0.15, 0.2) is 5.78 Å². The quantitative estimate of drug-likeness (QED) is 0.533. The van der Waals surface area contributed by atoms with E-state index in [0.717, 1.165) is 24.1 Å². The number of amides is 1. The number of allylic oxidation sites excluding steroid dienone is 9. The Hall–Kier alpha value is -3.28. The molecule has 156 valence electrons. The number of likely N-dealkylation sites (N-methyl/N-ethyl adjacent to an activating group) is 1. The summed E-state index contributed by atoms with van der Waals surface area (Å²) < 4.78 is 0. The molecule has 0 bridgehead atoms. The molecule has 3 rings (SSSR count). The standard InChI is InChI=1S/C24H28N4O2/c1-7-11-16(23(30)27(3)4)14-15(8-2)19-21-20(25-24(26-21)28(5)6)17-12-9-10-13-18(17)22(19)29/h7-8,11-14H,9-10H2,1-6H3/b11-7-,15-8+,16-14+. The lowest BCUT2D eigenvalue weighted by molar-refractivity contribution is -0.124. The predicted molar refractivity (Wildman–Crippen MR) is 121 cm³/mol. The highest BCUT2D eigenvalue weighted by Crippen LogP contribution is 2.38. The molecule has 0 atom stereocenters. The Labute approximate surface area is 178 Å². The summed E-state index contributed by atoms with van der Waals surface area (Å²) in [5.41, 5.74) is 4.52. The molecule has 30 heavy (non-hydrogen) atoms. The molecule has 6 heteroatoms. The minimum Gasteiger partial charge on any atom is -0.347 e. The van der Waals surface area contributed by atoms with Crippen LogP contribution in [0.15, 0.2) is 80.0 Å². The first-order valence-electron chi connectivity index (χ1n) is 10.1. The summed E-state index contributed by atoms with van der Waals surface area (Å²) in [6, 6.07) is 0. The molecule has 0 spiro atoms. The number of guanidine groups is 1. The van der Waals surface area contributed by atoms with Gasteiger partial charge in [-0.25, -0.2) is 9.98 Å². The molecule has 0 aromatic heterocycles. The maximum absolute atomic E-state index is 13.5. The smallest absolute Gasteiger partial charge is 0.253 e. The van der Waals surface area contributed by atoms with Gasteiger partial charge in [0.05, 0.1) is 5.57 Å². The molecular weight excluding hydrogens is 376 g/mol. The Morgan fingerprint density at radius 3 is 2.27 bits per heavy atom. The molecule has 0 aromatic rings. The number of ketones is 1. The van der Waals surface area contributed by atoms with Gasteiger partial charge in [-0.1, -0.05) is 30.4 Å². The number of carbonyl (C=O) groups is 2. The summed E-state index contributed by atoms with van der Waals surface area (Å²) in [7, 11) is 7.18. The summed E-state index contributed by atoms with van der Waals surface area (Å²) in [4.78, 5) is 38.9. The second kappa shape index (κ2) is 8.61. The summed E-state index contributed by atoms with van der Waals surface area (Å²) >= 11 is 0. The fourth-order valence-electron chi connectivity index (χ4n) is 3.60. The first kappa shape index (κ1) is 21.4. The summed E-state index contributed by atoms with van der Waals surface area (Å²) in [5, 5.41) is 0. The average molecular weight is 405 g/mol. The molecule has 1 amide bonds. The van der Waals surface area contributed by atoms with E-state index < -0.39 is 0 Å². The highest BCUT2D eigenvalue weighted by Gasteiger charge is 2.38. The molecule has 2 aliphatic carbocycles. The van der Waals surface area contributed by atoms with E-state index in [1.807, 2.05) is 51.1 Å². The molecule has 0 fully saturated rings. The maximum atomic E-state index is 13.5. The number of Topliss-reactive ketones (excluding diaryl/α,β-unsaturated/α-hetero) is 1. The Bertz CT molecular complexity index is 1040. The maximum Gasteiger partial charge on any atom is 0.253 e. The van der Waals surface area contributed by atoms with Gasteiger partial charge in [0.2, 0.25) is 5.96 Å². The van der Waals surface area contributed by atoms with Crippen molar-refractivity contribution in [1.82, 2.24) is 9.80 Å². The molecule has 1 heterocycles. The Morgan fingerprint density at radius 1 is 1.03 bits per heavy atom. The first-order chi connectivity index (χ1) is 14.3. The van der Waals surface area contributed by atoms with Crippen LogP contribution in [0.5, 0.6) is 0 Å². The third-order valence-corrected chi connectivity index (χ3v) is 5.08. The van der Waals surface area contributed by atoms with Crippen LogP contribution in [0.25, 0.3) is 0 Å². The second-order valence-corrected chi connectivity index (χ2v) is 7.68. The SMILES string of the molecule is C\C=C/C(=C\C(=C/C)C1=C2N=C(N(C)C)N=C2C2=CCCC=C2C1=O)C(=O)N(C)C. The van der Waals surface area contributed by atoms with E-state index in [0.29, 0.717) is 33.9 Å². The van der Waals surface area contributed by atoms with E-state index in [4.69, 9.17) is 4.99 Å². The van der Waals surface area contributed by atoms with Crippen LogP contribution in [0.2, 0.25) is 0 Å². The van der Waals surface area contributed by atoms with Crippen LogP contribution >= 0.6 is 0 Å². The van der Waals surface area contributed by atoms with Crippen LogP contribution in [0.3, 0.4) is 0 Å². The lowest BCUT2D eigenvalue weighted by Gasteiger charge is -2.24. The number of rotatable bonds is 4. The highest BCUT2D eigenvalue weighted by atomic mass is 16.2. The van der Waals surface area contributed by atoms with Crippen molar-refractivity contribution in [2.75, 3.05) is 28.2 Å². The van der Waals surface area contributed by atoms with E-state index in [2.05, 4.69) is 11.1 Å². The number of carbonyl (C=O) groups excluding carboxylic acids is 2. The van der Waals surface area contributed by atoms with Crippen LogP contribution in [-0.4, -0.2) is 61.4 Å². The number of aliphatic imine (C=N–C) groups is 2. The minimum absolute atomic E-state index is 0.0693. The lowest BCUT2D eigenvalue weighted by atomic mass is 9.78. The molecule has 6 nitrogen and oxygen atoms in total. The van der Waals surface area contributed by atoms with Crippen LogP contribution in [0.4, 0.5) is 0 Å². The summed E-state index contributed by atoms with van der Waals surface area (Å²) in [5.74, 6) is 0.368. The Kier molecular flexibility index (Phi) is 6.15. The van der Waals surface area contributed by atoms with Gasteiger partial charge < -0.3 is 9.80 Å². The van der Waals surface area contributed by atoms with Gasteiger partial charge >= 0.3 is 0 Å². The summed E-state index contributed by atoms with van der Waals surface area (Å²) in [6.45, 7) is 3.72. The zero-order chi connectivity index (χ0) is 22.0. The van der Waals surface area contributed by atoms with E-state index >= 15 is 0 Å². The molecule has 0 unspecified atom stereocenters. The van der Waals surface area contributed by atoms with Crippen molar-refractivity contribution in [2.45, 2.75) is 26.7 Å². The molecule has 0 N–H and O–H groups in total. The van der Waals surface area contributed by atoms with Crippen molar-refractivity contribution in [3.05, 3.63) is 70.0 Å². The van der Waals surface area contributed by atoms with Gasteiger partial charge in [-0.15, -0.1) is 0 Å². The fraction of sp³-hybridized carbons (Fsp3) is 0.333. The van der Waals surface area contributed by atoms with Crippen molar-refractivity contribution in [3.63, 3.8) is 0 Å². The van der Waals surface area contributed by atoms with Gasteiger partial charge in [0, 0.05) is 44.9 Å². The van der Waals surface area contributed by atoms with E-state index in [1.54, 1.807) is 26.2 Å². The van der Waals surface area contributed by atoms with Crippen LogP contribution in [0.1, 0.15) is 26.7 Å². The van der Waals surface area contributed by atoms with Gasteiger partial charge in [0.1, 0.15) is 11.4 Å². The van der Waals surface area contributed by atoms with E-state index in [9.17, 15) is 9.59 Å². The lowest BCUT2D eigenvalue weighted by Crippen LogP contribution is -2.26. The minimum atomic E-state index is -0.128. The van der Waals surface area contributed by atoms with Crippen LogP contribution in [0, 0.1) is 0 Å². The highest BCUT2D eigenvalue weighted by molar-refractivity contribution is 6.36. The molecular formula is C24H28N4O2. The number of hydrogen-bond donors (Lipinski definition) is 0. The van der Waals surface area contributed by atoms with Crippen molar-refractivity contribution in [1.29, 1.82) is 0 Å². The van der Waals surface area contributed by atoms with Gasteiger partial charge in [-0.2, -0.15) is 0 Å².